The van der Waals surface area contributed by atoms with Crippen molar-refractivity contribution in [3.63, 3.8) is 0 Å². The molecule has 0 saturated carbocycles. The van der Waals surface area contributed by atoms with Gasteiger partial charge < -0.3 is 14.8 Å². The molecule has 4 heteroatoms. The van der Waals surface area contributed by atoms with Crippen molar-refractivity contribution < 1.29 is 14.3 Å². The lowest BCUT2D eigenvalue weighted by molar-refractivity contribution is 0.0936. The Morgan fingerprint density at radius 1 is 1.29 bits per heavy atom. The molecule has 126 valence electrons. The molecule has 4 nitrogen and oxygen atoms in total. The molecule has 1 amide bonds. The highest BCUT2D eigenvalue weighted by molar-refractivity contribution is 5.97. The summed E-state index contributed by atoms with van der Waals surface area (Å²) in [6, 6.07) is 13.6. The summed E-state index contributed by atoms with van der Waals surface area (Å²) in [5.41, 5.74) is 3.05. The van der Waals surface area contributed by atoms with Crippen LogP contribution in [0.15, 0.2) is 42.5 Å². The van der Waals surface area contributed by atoms with Crippen LogP contribution in [0.4, 0.5) is 0 Å². The maximum atomic E-state index is 12.5. The van der Waals surface area contributed by atoms with Crippen LogP contribution in [0.2, 0.25) is 0 Å². The predicted octanol–water partition coefficient (Wildman–Crippen LogP) is 3.38. The summed E-state index contributed by atoms with van der Waals surface area (Å²) in [5.74, 6) is 1.51. The van der Waals surface area contributed by atoms with E-state index in [0.29, 0.717) is 17.9 Å². The molecule has 1 unspecified atom stereocenters. The van der Waals surface area contributed by atoms with Gasteiger partial charge in [-0.15, -0.1) is 0 Å². The second-order valence-electron chi connectivity index (χ2n) is 6.05. The number of amides is 1. The van der Waals surface area contributed by atoms with Crippen LogP contribution < -0.4 is 14.8 Å². The molecule has 3 rings (SSSR count). The Bertz CT molecular complexity index is 727. The Morgan fingerprint density at radius 3 is 2.96 bits per heavy atom. The molecule has 0 saturated heterocycles. The van der Waals surface area contributed by atoms with E-state index in [0.717, 1.165) is 25.2 Å². The Labute approximate surface area is 142 Å². The van der Waals surface area contributed by atoms with Gasteiger partial charge in [-0.05, 0) is 49.6 Å². The fourth-order valence-electron chi connectivity index (χ4n) is 3.01. The molecule has 2 aromatic carbocycles. The van der Waals surface area contributed by atoms with E-state index in [2.05, 4.69) is 17.4 Å². The van der Waals surface area contributed by atoms with E-state index in [-0.39, 0.29) is 11.9 Å². The van der Waals surface area contributed by atoms with Gasteiger partial charge in [0.05, 0.1) is 18.8 Å². The highest BCUT2D eigenvalue weighted by atomic mass is 16.5. The van der Waals surface area contributed by atoms with E-state index in [9.17, 15) is 4.79 Å². The fraction of sp³-hybridized carbons (Fsp3) is 0.350. The van der Waals surface area contributed by atoms with Gasteiger partial charge in [0.2, 0.25) is 0 Å². The van der Waals surface area contributed by atoms with Gasteiger partial charge in [0, 0.05) is 12.5 Å². The second kappa shape index (κ2) is 7.39. The molecule has 0 radical (unpaired) electrons. The monoisotopic (exact) mass is 325 g/mol. The summed E-state index contributed by atoms with van der Waals surface area (Å²) in [6.07, 6.45) is 1.75. The van der Waals surface area contributed by atoms with Gasteiger partial charge in [-0.2, -0.15) is 0 Å². The number of rotatable bonds is 6. The molecule has 1 atom stereocenters. The number of nitrogens with one attached hydrogen (secondary N) is 1. The number of benzene rings is 2. The quantitative estimate of drug-likeness (QED) is 0.886. The van der Waals surface area contributed by atoms with Crippen LogP contribution in [0, 0.1) is 0 Å². The molecule has 1 heterocycles. The molecule has 0 spiro atoms. The van der Waals surface area contributed by atoms with Crippen molar-refractivity contribution in [1.82, 2.24) is 5.32 Å². The number of ether oxygens (including phenoxy) is 2. The maximum absolute atomic E-state index is 12.5. The first-order valence-corrected chi connectivity index (χ1v) is 8.44. The van der Waals surface area contributed by atoms with Crippen molar-refractivity contribution in [2.24, 2.45) is 0 Å². The zero-order chi connectivity index (χ0) is 16.9. The summed E-state index contributed by atoms with van der Waals surface area (Å²) in [4.78, 5) is 12.5. The average molecular weight is 325 g/mol. The van der Waals surface area contributed by atoms with Crippen LogP contribution >= 0.6 is 0 Å². The number of para-hydroxylation sites is 1. The van der Waals surface area contributed by atoms with Crippen LogP contribution in [0.25, 0.3) is 0 Å². The van der Waals surface area contributed by atoms with Crippen LogP contribution in [-0.2, 0) is 12.8 Å². The van der Waals surface area contributed by atoms with E-state index in [1.165, 1.54) is 11.1 Å². The lowest BCUT2D eigenvalue weighted by Gasteiger charge is -2.16. The molecule has 0 fully saturated rings. The largest absolute Gasteiger partial charge is 0.493 e. The van der Waals surface area contributed by atoms with Gasteiger partial charge in [-0.25, -0.2) is 0 Å². The molecular formula is C20H23NO3. The Kier molecular flexibility index (Phi) is 5.04. The highest BCUT2D eigenvalue weighted by Crippen LogP contribution is 2.26. The summed E-state index contributed by atoms with van der Waals surface area (Å²) >= 11 is 0. The topological polar surface area (TPSA) is 47.6 Å². The zero-order valence-corrected chi connectivity index (χ0v) is 14.2. The minimum Gasteiger partial charge on any atom is -0.493 e. The minimum atomic E-state index is -0.101. The second-order valence-corrected chi connectivity index (χ2v) is 6.05. The van der Waals surface area contributed by atoms with Crippen LogP contribution in [0.3, 0.4) is 0 Å². The first-order valence-electron chi connectivity index (χ1n) is 8.44. The van der Waals surface area contributed by atoms with Gasteiger partial charge in [0.25, 0.3) is 5.91 Å². The van der Waals surface area contributed by atoms with Gasteiger partial charge in [0.1, 0.15) is 11.5 Å². The van der Waals surface area contributed by atoms with Gasteiger partial charge in [-0.3, -0.25) is 4.79 Å². The summed E-state index contributed by atoms with van der Waals surface area (Å²) < 4.78 is 11.1. The number of hydrogen-bond acceptors (Lipinski definition) is 3. The van der Waals surface area contributed by atoms with Gasteiger partial charge in [-0.1, -0.05) is 24.3 Å². The van der Waals surface area contributed by atoms with E-state index in [1.54, 1.807) is 6.07 Å². The van der Waals surface area contributed by atoms with E-state index in [4.69, 9.17) is 9.47 Å². The minimum absolute atomic E-state index is 0.0348. The Hall–Kier alpha value is -2.49. The first kappa shape index (κ1) is 16.4. The SMILES string of the molecule is CCOc1ccccc1C(=O)NC(C)Cc1ccc2c(c1)CCO2. The van der Waals surface area contributed by atoms with Crippen LogP contribution in [0.1, 0.15) is 35.3 Å². The normalized spacial score (nSPS) is 13.8. The standard InChI is InChI=1S/C20H23NO3/c1-3-23-19-7-5-4-6-17(19)20(22)21-14(2)12-15-8-9-18-16(13-15)10-11-24-18/h4-9,13-14H,3,10-12H2,1-2H3,(H,21,22). The van der Waals surface area contributed by atoms with Crippen LogP contribution in [0.5, 0.6) is 11.5 Å². The third kappa shape index (κ3) is 3.70. The molecule has 1 aliphatic heterocycles. The van der Waals surface area contributed by atoms with Gasteiger partial charge in [0.15, 0.2) is 0 Å². The van der Waals surface area contributed by atoms with Crippen molar-refractivity contribution in [3.8, 4) is 11.5 Å². The van der Waals surface area contributed by atoms with Crippen molar-refractivity contribution in [1.29, 1.82) is 0 Å². The maximum Gasteiger partial charge on any atom is 0.255 e. The average Bonchev–Trinajstić information content (AvgIpc) is 3.03. The molecule has 24 heavy (non-hydrogen) atoms. The third-order valence-corrected chi connectivity index (χ3v) is 4.10. The van der Waals surface area contributed by atoms with Crippen molar-refractivity contribution in [2.75, 3.05) is 13.2 Å². The highest BCUT2D eigenvalue weighted by Gasteiger charge is 2.16. The van der Waals surface area contributed by atoms with Crippen molar-refractivity contribution >= 4 is 5.91 Å². The molecule has 0 aliphatic carbocycles. The zero-order valence-electron chi connectivity index (χ0n) is 14.2. The number of hydrogen-bond donors (Lipinski definition) is 1. The third-order valence-electron chi connectivity index (χ3n) is 4.10. The summed E-state index contributed by atoms with van der Waals surface area (Å²) in [6.45, 7) is 5.23. The first-order chi connectivity index (χ1) is 11.7. The molecule has 2 aromatic rings. The smallest absolute Gasteiger partial charge is 0.255 e. The van der Waals surface area contributed by atoms with Gasteiger partial charge >= 0.3 is 0 Å². The summed E-state index contributed by atoms with van der Waals surface area (Å²) in [5, 5.41) is 3.06. The van der Waals surface area contributed by atoms with E-state index in [1.807, 2.05) is 38.1 Å². The van der Waals surface area contributed by atoms with Crippen molar-refractivity contribution in [3.05, 3.63) is 59.2 Å². The number of carbonyl (C=O) groups excluding carboxylic acids is 1. The molecule has 0 aromatic heterocycles. The lowest BCUT2D eigenvalue weighted by atomic mass is 10.0. The van der Waals surface area contributed by atoms with Crippen molar-refractivity contribution in [2.45, 2.75) is 32.7 Å². The van der Waals surface area contributed by atoms with Crippen LogP contribution in [-0.4, -0.2) is 25.2 Å². The number of carbonyl (C=O) groups is 1. The Balaban J connectivity index is 1.64. The fourth-order valence-corrected chi connectivity index (χ4v) is 3.01. The van der Waals surface area contributed by atoms with E-state index < -0.39 is 0 Å². The van der Waals surface area contributed by atoms with E-state index >= 15 is 0 Å². The molecule has 1 aliphatic rings. The Morgan fingerprint density at radius 2 is 2.12 bits per heavy atom. The molecular weight excluding hydrogens is 302 g/mol. The molecule has 1 N–H and O–H groups in total. The summed E-state index contributed by atoms with van der Waals surface area (Å²) in [7, 11) is 0. The number of fused-ring (bicyclic) bond motifs is 1. The predicted molar refractivity (Wildman–Crippen MR) is 93.9 cm³/mol. The molecule has 0 bridgehead atoms. The lowest BCUT2D eigenvalue weighted by Crippen LogP contribution is -2.34.